The second-order valence-electron chi connectivity index (χ2n) is 10.8. The molecule has 0 radical (unpaired) electrons. The fourth-order valence-corrected chi connectivity index (χ4v) is 7.32. The zero-order chi connectivity index (χ0) is 28.1. The number of benzene rings is 2. The quantitative estimate of drug-likeness (QED) is 0.212. The number of rotatable bonds is 9. The number of amides is 1. The zero-order valence-corrected chi connectivity index (χ0v) is 22.7. The number of fused-ring (bicyclic) bond motifs is 3. The van der Waals surface area contributed by atoms with Gasteiger partial charge in [-0.25, -0.2) is 4.98 Å². The molecule has 4 aromatic rings. The number of halogens is 3. The van der Waals surface area contributed by atoms with Crippen molar-refractivity contribution < 1.29 is 32.0 Å². The Morgan fingerprint density at radius 2 is 1.88 bits per heavy atom. The monoisotopic (exact) mass is 584 g/mol. The summed E-state index contributed by atoms with van der Waals surface area (Å²) in [5.74, 6) is 0.595. The van der Waals surface area contributed by atoms with Crippen LogP contribution in [-0.4, -0.2) is 41.1 Å². The van der Waals surface area contributed by atoms with Gasteiger partial charge >= 0.3 is 6.36 Å². The van der Waals surface area contributed by atoms with Crippen LogP contribution in [0.25, 0.3) is 21.5 Å². The fraction of sp³-hybridized carbons (Fsp3) is 0.414. The second kappa shape index (κ2) is 10.3. The molecule has 7 rings (SSSR count). The third kappa shape index (κ3) is 5.26. The van der Waals surface area contributed by atoms with Gasteiger partial charge in [0.2, 0.25) is 6.41 Å². The predicted molar refractivity (Wildman–Crippen MR) is 147 cm³/mol. The minimum absolute atomic E-state index is 0.00186. The lowest BCUT2D eigenvalue weighted by atomic mass is 10.00. The standard InChI is InChI=1S/C29H27F3N4O4S/c30-29(31,32)39-24-4-2-1-3-21(24)26-22(27(40-35-26)16-5-6-16)14-38-20-12-18-8-9-19(13-20)36(18)28-34-23-10-7-17(33-15-37)11-25(23)41-28/h1-4,7,10-11,15-16,18-20H,5-6,8-9,12-14H2,(H,33,37). The summed E-state index contributed by atoms with van der Waals surface area (Å²) in [7, 11) is 0. The molecule has 1 saturated carbocycles. The van der Waals surface area contributed by atoms with E-state index in [0.29, 0.717) is 23.4 Å². The molecule has 41 heavy (non-hydrogen) atoms. The van der Waals surface area contributed by atoms with E-state index < -0.39 is 6.36 Å². The van der Waals surface area contributed by atoms with Gasteiger partial charge in [-0.05, 0) is 68.9 Å². The average molecular weight is 585 g/mol. The van der Waals surface area contributed by atoms with E-state index in [1.54, 1.807) is 23.5 Å². The highest BCUT2D eigenvalue weighted by atomic mass is 32.1. The van der Waals surface area contributed by atoms with Gasteiger partial charge in [-0.3, -0.25) is 4.79 Å². The van der Waals surface area contributed by atoms with Crippen LogP contribution in [0.2, 0.25) is 0 Å². The lowest BCUT2D eigenvalue weighted by Gasteiger charge is -2.38. The van der Waals surface area contributed by atoms with Crippen LogP contribution in [0, 0.1) is 0 Å². The number of hydrogen-bond acceptors (Lipinski definition) is 8. The van der Waals surface area contributed by atoms with E-state index >= 15 is 0 Å². The van der Waals surface area contributed by atoms with E-state index in [2.05, 4.69) is 20.1 Å². The number of carbonyl (C=O) groups excluding carboxylic acids is 1. The molecule has 2 atom stereocenters. The van der Waals surface area contributed by atoms with Crippen molar-refractivity contribution in [2.75, 3.05) is 10.2 Å². The molecule has 2 unspecified atom stereocenters. The smallest absolute Gasteiger partial charge is 0.405 e. The van der Waals surface area contributed by atoms with Crippen LogP contribution < -0.4 is 15.0 Å². The molecule has 2 aromatic heterocycles. The summed E-state index contributed by atoms with van der Waals surface area (Å²) in [6, 6.07) is 12.3. The van der Waals surface area contributed by atoms with E-state index in [1.807, 2.05) is 18.2 Å². The van der Waals surface area contributed by atoms with Crippen molar-refractivity contribution in [2.24, 2.45) is 0 Å². The normalized spacial score (nSPS) is 22.3. The third-order valence-electron chi connectivity index (χ3n) is 8.11. The molecule has 12 heteroatoms. The maximum Gasteiger partial charge on any atom is 0.573 e. The van der Waals surface area contributed by atoms with Crippen LogP contribution in [0.4, 0.5) is 24.0 Å². The van der Waals surface area contributed by atoms with E-state index in [1.165, 1.54) is 12.1 Å². The Morgan fingerprint density at radius 3 is 2.61 bits per heavy atom. The minimum Gasteiger partial charge on any atom is -0.405 e. The molecule has 1 N–H and O–H groups in total. The maximum absolute atomic E-state index is 13.1. The Bertz CT molecular complexity index is 1570. The van der Waals surface area contributed by atoms with Crippen molar-refractivity contribution in [3.05, 3.63) is 53.8 Å². The highest BCUT2D eigenvalue weighted by Crippen LogP contribution is 2.47. The van der Waals surface area contributed by atoms with Gasteiger partial charge in [0.05, 0.1) is 22.9 Å². The van der Waals surface area contributed by atoms with Crippen LogP contribution in [-0.2, 0) is 16.1 Å². The maximum atomic E-state index is 13.1. The number of ether oxygens (including phenoxy) is 2. The lowest BCUT2D eigenvalue weighted by Crippen LogP contribution is -2.45. The SMILES string of the molecule is O=CNc1ccc2nc(N3C4CCC3CC(OCc3c(-c5ccccc5OC(F)(F)F)noc3C3CC3)C4)sc2c1. The van der Waals surface area contributed by atoms with Crippen LogP contribution in [0.5, 0.6) is 5.75 Å². The Labute approximate surface area is 237 Å². The van der Waals surface area contributed by atoms with Gasteiger partial charge in [0.15, 0.2) is 5.13 Å². The summed E-state index contributed by atoms with van der Waals surface area (Å²) < 4.78 is 56.8. The summed E-state index contributed by atoms with van der Waals surface area (Å²) >= 11 is 1.63. The van der Waals surface area contributed by atoms with Gasteiger partial charge in [-0.15, -0.1) is 13.2 Å². The van der Waals surface area contributed by atoms with Crippen molar-refractivity contribution in [2.45, 2.75) is 75.6 Å². The highest BCUT2D eigenvalue weighted by molar-refractivity contribution is 7.22. The van der Waals surface area contributed by atoms with Crippen molar-refractivity contribution in [1.29, 1.82) is 0 Å². The van der Waals surface area contributed by atoms with Crippen LogP contribution in [0.1, 0.15) is 55.8 Å². The van der Waals surface area contributed by atoms with E-state index in [4.69, 9.17) is 14.2 Å². The second-order valence-corrected chi connectivity index (χ2v) is 11.8. The molecule has 4 heterocycles. The molecule has 1 amide bonds. The molecule has 214 valence electrons. The molecule has 1 aliphatic carbocycles. The summed E-state index contributed by atoms with van der Waals surface area (Å²) in [4.78, 5) is 18.1. The van der Waals surface area contributed by atoms with E-state index in [-0.39, 0.29) is 42.0 Å². The Morgan fingerprint density at radius 1 is 1.10 bits per heavy atom. The minimum atomic E-state index is -4.82. The number of hydrogen-bond donors (Lipinski definition) is 1. The molecule has 2 bridgehead atoms. The van der Waals surface area contributed by atoms with Crippen molar-refractivity contribution in [3.8, 4) is 17.0 Å². The molecule has 3 fully saturated rings. The Kier molecular flexibility index (Phi) is 6.61. The number of alkyl halides is 3. The van der Waals surface area contributed by atoms with Crippen molar-refractivity contribution in [3.63, 3.8) is 0 Å². The number of thiazole rings is 1. The first-order chi connectivity index (χ1) is 19.9. The number of piperidine rings is 1. The molecule has 2 aromatic carbocycles. The summed E-state index contributed by atoms with van der Waals surface area (Å²) in [6.45, 7) is 0.211. The third-order valence-corrected chi connectivity index (χ3v) is 9.14. The first kappa shape index (κ1) is 26.3. The largest absolute Gasteiger partial charge is 0.573 e. The Hall–Kier alpha value is -3.64. The lowest BCUT2D eigenvalue weighted by molar-refractivity contribution is -0.274. The first-order valence-corrected chi connectivity index (χ1v) is 14.5. The number of anilines is 2. The molecule has 3 aliphatic rings. The number of nitrogens with one attached hydrogen (secondary N) is 1. The van der Waals surface area contributed by atoms with Crippen LogP contribution in [0.15, 0.2) is 47.0 Å². The van der Waals surface area contributed by atoms with Gasteiger partial charge < -0.3 is 24.2 Å². The molecular weight excluding hydrogens is 557 g/mol. The molecule has 2 aliphatic heterocycles. The van der Waals surface area contributed by atoms with E-state index in [9.17, 15) is 18.0 Å². The van der Waals surface area contributed by atoms with Gasteiger partial charge in [0.1, 0.15) is 17.2 Å². The summed E-state index contributed by atoms with van der Waals surface area (Å²) in [5.41, 5.74) is 2.92. The van der Waals surface area contributed by atoms with Gasteiger partial charge in [-0.1, -0.05) is 28.6 Å². The predicted octanol–water partition coefficient (Wildman–Crippen LogP) is 7.01. The average Bonchev–Trinajstić information content (AvgIpc) is 3.46. The van der Waals surface area contributed by atoms with Crippen LogP contribution in [0.3, 0.4) is 0 Å². The fourth-order valence-electron chi connectivity index (χ4n) is 6.17. The van der Waals surface area contributed by atoms with E-state index in [0.717, 1.165) is 59.6 Å². The molecule has 0 spiro atoms. The number of nitrogens with zero attached hydrogens (tertiary/aromatic N) is 3. The number of carbonyl (C=O) groups is 1. The number of aromatic nitrogens is 2. The van der Waals surface area contributed by atoms with Gasteiger partial charge in [0, 0.05) is 34.8 Å². The number of para-hydroxylation sites is 1. The van der Waals surface area contributed by atoms with Gasteiger partial charge in [0.25, 0.3) is 0 Å². The summed E-state index contributed by atoms with van der Waals surface area (Å²) in [6.07, 6.45) is 1.52. The zero-order valence-electron chi connectivity index (χ0n) is 21.9. The van der Waals surface area contributed by atoms with Gasteiger partial charge in [-0.2, -0.15) is 0 Å². The summed E-state index contributed by atoms with van der Waals surface area (Å²) in [5, 5.41) is 7.86. The van der Waals surface area contributed by atoms with Crippen LogP contribution >= 0.6 is 11.3 Å². The molecular formula is C29H27F3N4O4S. The topological polar surface area (TPSA) is 89.7 Å². The molecule has 8 nitrogen and oxygen atoms in total. The Balaban J connectivity index is 1.09. The van der Waals surface area contributed by atoms with Crippen molar-refractivity contribution >= 4 is 38.8 Å². The molecule has 2 saturated heterocycles. The first-order valence-electron chi connectivity index (χ1n) is 13.7. The highest BCUT2D eigenvalue weighted by Gasteiger charge is 2.43. The van der Waals surface area contributed by atoms with Crippen molar-refractivity contribution in [1.82, 2.24) is 10.1 Å².